The van der Waals surface area contributed by atoms with E-state index < -0.39 is 12.0 Å². The number of amides is 2. The van der Waals surface area contributed by atoms with Crippen LogP contribution in [-0.2, 0) is 9.53 Å². The van der Waals surface area contributed by atoms with E-state index in [-0.39, 0.29) is 11.9 Å². The lowest BCUT2D eigenvalue weighted by Crippen LogP contribution is -2.45. The van der Waals surface area contributed by atoms with Gasteiger partial charge in [-0.2, -0.15) is 0 Å². The average Bonchev–Trinajstić information content (AvgIpc) is 2.64. The van der Waals surface area contributed by atoms with Crippen molar-refractivity contribution >= 4 is 12.0 Å². The number of hydrogen-bond acceptors (Lipinski definition) is 5. The van der Waals surface area contributed by atoms with Gasteiger partial charge >= 0.3 is 12.0 Å². The largest absolute Gasteiger partial charge is 0.490 e. The second-order valence-electron chi connectivity index (χ2n) is 7.05. The Morgan fingerprint density at radius 1 is 1.18 bits per heavy atom. The van der Waals surface area contributed by atoms with Gasteiger partial charge < -0.3 is 24.8 Å². The molecule has 2 rings (SSSR count). The predicted molar refractivity (Wildman–Crippen MR) is 106 cm³/mol. The molecule has 1 aromatic rings. The number of carbonyl (C=O) groups is 2. The van der Waals surface area contributed by atoms with Crippen molar-refractivity contribution < 1.29 is 23.8 Å². The maximum atomic E-state index is 12.7. The number of carbonyl (C=O) groups excluding carboxylic acids is 2. The molecule has 7 nitrogen and oxygen atoms in total. The van der Waals surface area contributed by atoms with E-state index in [1.807, 2.05) is 33.8 Å². The smallest absolute Gasteiger partial charge is 0.338 e. The van der Waals surface area contributed by atoms with Crippen LogP contribution in [0.25, 0.3) is 0 Å². The maximum Gasteiger partial charge on any atom is 0.338 e. The Bertz CT molecular complexity index is 742. The first kappa shape index (κ1) is 21.6. The van der Waals surface area contributed by atoms with Crippen molar-refractivity contribution in [2.75, 3.05) is 19.8 Å². The van der Waals surface area contributed by atoms with Crippen LogP contribution < -0.4 is 20.1 Å². The fraction of sp³-hybridized carbons (Fsp3) is 0.524. The van der Waals surface area contributed by atoms with E-state index in [1.54, 1.807) is 19.1 Å². The molecule has 0 bridgehead atoms. The number of urea groups is 1. The van der Waals surface area contributed by atoms with E-state index in [0.29, 0.717) is 42.6 Å². The molecule has 0 aliphatic carbocycles. The highest BCUT2D eigenvalue weighted by atomic mass is 16.5. The van der Waals surface area contributed by atoms with E-state index in [0.717, 1.165) is 12.0 Å². The fourth-order valence-corrected chi connectivity index (χ4v) is 2.84. The summed E-state index contributed by atoms with van der Waals surface area (Å²) in [4.78, 5) is 24.7. The quantitative estimate of drug-likeness (QED) is 0.628. The van der Waals surface area contributed by atoms with Crippen LogP contribution in [0.5, 0.6) is 11.5 Å². The third kappa shape index (κ3) is 5.41. The molecule has 0 radical (unpaired) electrons. The van der Waals surface area contributed by atoms with Crippen LogP contribution >= 0.6 is 0 Å². The lowest BCUT2D eigenvalue weighted by atomic mass is 9.95. The van der Waals surface area contributed by atoms with Crippen LogP contribution in [0.15, 0.2) is 29.5 Å². The van der Waals surface area contributed by atoms with E-state index in [1.165, 1.54) is 0 Å². The Kier molecular flexibility index (Phi) is 7.72. The van der Waals surface area contributed by atoms with Crippen LogP contribution in [0.2, 0.25) is 0 Å². The third-order valence-corrected chi connectivity index (χ3v) is 4.10. The second-order valence-corrected chi connectivity index (χ2v) is 7.05. The Morgan fingerprint density at radius 3 is 2.57 bits per heavy atom. The normalized spacial score (nSPS) is 16.5. The van der Waals surface area contributed by atoms with Crippen molar-refractivity contribution in [1.82, 2.24) is 10.6 Å². The van der Waals surface area contributed by atoms with Crippen LogP contribution in [-0.4, -0.2) is 31.8 Å². The molecule has 0 aromatic heterocycles. The summed E-state index contributed by atoms with van der Waals surface area (Å²) in [5.74, 6) is 0.980. The number of esters is 1. The zero-order valence-electron chi connectivity index (χ0n) is 17.3. The minimum atomic E-state index is -0.632. The molecule has 1 aliphatic rings. The van der Waals surface area contributed by atoms with Gasteiger partial charge in [-0.25, -0.2) is 9.59 Å². The average molecular weight is 390 g/mol. The van der Waals surface area contributed by atoms with Crippen LogP contribution in [0.3, 0.4) is 0 Å². The lowest BCUT2D eigenvalue weighted by Gasteiger charge is -2.28. The summed E-state index contributed by atoms with van der Waals surface area (Å²) < 4.78 is 16.9. The molecular formula is C21H30N2O5. The van der Waals surface area contributed by atoms with Gasteiger partial charge in [0.2, 0.25) is 0 Å². The number of hydrogen-bond donors (Lipinski definition) is 2. The van der Waals surface area contributed by atoms with Gasteiger partial charge in [0.25, 0.3) is 0 Å². The van der Waals surface area contributed by atoms with Gasteiger partial charge in [0, 0.05) is 5.70 Å². The highest BCUT2D eigenvalue weighted by molar-refractivity contribution is 5.95. The fourth-order valence-electron chi connectivity index (χ4n) is 2.84. The van der Waals surface area contributed by atoms with Crippen molar-refractivity contribution in [3.8, 4) is 11.5 Å². The molecule has 0 saturated carbocycles. The zero-order chi connectivity index (χ0) is 20.7. The maximum absolute atomic E-state index is 12.7. The van der Waals surface area contributed by atoms with Gasteiger partial charge in [0.05, 0.1) is 31.4 Å². The molecule has 1 aliphatic heterocycles. The summed E-state index contributed by atoms with van der Waals surface area (Å²) in [6.07, 6.45) is 0.880. The SMILES string of the molecule is CCCOc1ccc(C2NC(=O)NC(C)=C2C(=O)OCC(C)C)cc1OCC. The molecule has 1 atom stereocenters. The van der Waals surface area contributed by atoms with Crippen LogP contribution in [0.4, 0.5) is 4.79 Å². The van der Waals surface area contributed by atoms with E-state index in [9.17, 15) is 9.59 Å². The monoisotopic (exact) mass is 390 g/mol. The van der Waals surface area contributed by atoms with Gasteiger partial charge in [-0.15, -0.1) is 0 Å². The van der Waals surface area contributed by atoms with Gasteiger partial charge in [-0.3, -0.25) is 0 Å². The van der Waals surface area contributed by atoms with Crippen molar-refractivity contribution in [3.05, 3.63) is 35.0 Å². The number of benzene rings is 1. The topological polar surface area (TPSA) is 85.9 Å². The molecular weight excluding hydrogens is 360 g/mol. The van der Waals surface area contributed by atoms with Crippen molar-refractivity contribution in [2.45, 2.75) is 47.1 Å². The second kappa shape index (κ2) is 10.0. The number of ether oxygens (including phenoxy) is 3. The first-order valence-corrected chi connectivity index (χ1v) is 9.72. The molecule has 2 amide bonds. The van der Waals surface area contributed by atoms with Gasteiger partial charge in [-0.05, 0) is 43.9 Å². The summed E-state index contributed by atoms with van der Waals surface area (Å²) >= 11 is 0. The summed E-state index contributed by atoms with van der Waals surface area (Å²) in [5, 5.41) is 5.46. The van der Waals surface area contributed by atoms with E-state index >= 15 is 0 Å². The standard InChI is InChI=1S/C21H30N2O5/c1-6-10-27-16-9-8-15(11-17(16)26-7-2)19-18(14(5)22-21(25)23-19)20(24)28-12-13(3)4/h8-9,11,13,19H,6-7,10,12H2,1-5H3,(H2,22,23,25). The number of allylic oxidation sites excluding steroid dienone is 1. The summed E-state index contributed by atoms with van der Waals surface area (Å²) in [5.41, 5.74) is 1.58. The molecule has 0 saturated heterocycles. The van der Waals surface area contributed by atoms with E-state index in [4.69, 9.17) is 14.2 Å². The number of rotatable bonds is 9. The molecule has 2 N–H and O–H groups in total. The van der Waals surface area contributed by atoms with Gasteiger partial charge in [-0.1, -0.05) is 26.8 Å². The molecule has 1 aromatic carbocycles. The highest BCUT2D eigenvalue weighted by Crippen LogP contribution is 2.35. The molecule has 1 unspecified atom stereocenters. The van der Waals surface area contributed by atoms with Crippen LogP contribution in [0, 0.1) is 5.92 Å². The number of nitrogens with one attached hydrogen (secondary N) is 2. The minimum Gasteiger partial charge on any atom is -0.490 e. The predicted octanol–water partition coefficient (Wildman–Crippen LogP) is 3.70. The van der Waals surface area contributed by atoms with Crippen molar-refractivity contribution in [1.29, 1.82) is 0 Å². The Labute approximate surface area is 166 Å². The molecule has 28 heavy (non-hydrogen) atoms. The highest BCUT2D eigenvalue weighted by Gasteiger charge is 2.32. The molecule has 1 heterocycles. The summed E-state index contributed by atoms with van der Waals surface area (Å²) in [6.45, 7) is 10.9. The minimum absolute atomic E-state index is 0.217. The first-order valence-electron chi connectivity index (χ1n) is 9.72. The summed E-state index contributed by atoms with van der Waals surface area (Å²) in [6, 6.07) is 4.43. The zero-order valence-corrected chi connectivity index (χ0v) is 17.3. The Balaban J connectivity index is 2.38. The summed E-state index contributed by atoms with van der Waals surface area (Å²) in [7, 11) is 0. The molecule has 7 heteroatoms. The first-order chi connectivity index (χ1) is 13.4. The molecule has 154 valence electrons. The Hall–Kier alpha value is -2.70. The van der Waals surface area contributed by atoms with Crippen molar-refractivity contribution in [3.63, 3.8) is 0 Å². The lowest BCUT2D eigenvalue weighted by molar-refractivity contribution is -0.140. The van der Waals surface area contributed by atoms with Gasteiger partial charge in [0.15, 0.2) is 11.5 Å². The Morgan fingerprint density at radius 2 is 1.93 bits per heavy atom. The molecule has 0 fully saturated rings. The molecule has 0 spiro atoms. The van der Waals surface area contributed by atoms with Gasteiger partial charge in [0.1, 0.15) is 0 Å². The van der Waals surface area contributed by atoms with Crippen LogP contribution in [0.1, 0.15) is 52.6 Å². The van der Waals surface area contributed by atoms with Crippen molar-refractivity contribution in [2.24, 2.45) is 5.92 Å². The third-order valence-electron chi connectivity index (χ3n) is 4.10. The van der Waals surface area contributed by atoms with E-state index in [2.05, 4.69) is 10.6 Å².